The van der Waals surface area contributed by atoms with E-state index in [1.807, 2.05) is 0 Å². The molecule has 0 aromatic rings. The first-order valence-electron chi connectivity index (χ1n) is 8.03. The van der Waals surface area contributed by atoms with Crippen LogP contribution in [0.2, 0.25) is 0 Å². The van der Waals surface area contributed by atoms with E-state index >= 15 is 0 Å². The minimum absolute atomic E-state index is 0.0478. The lowest BCUT2D eigenvalue weighted by Crippen LogP contribution is -2.24. The van der Waals surface area contributed by atoms with E-state index in [0.29, 0.717) is 12.3 Å². The van der Waals surface area contributed by atoms with Crippen LogP contribution in [-0.2, 0) is 0 Å². The SMILES string of the molecule is CC(C)CCC(C)CCC(C)CCC(F)(F)C(C)C. The van der Waals surface area contributed by atoms with Gasteiger partial charge in [-0.1, -0.05) is 67.2 Å². The lowest BCUT2D eigenvalue weighted by molar-refractivity contribution is -0.0566. The van der Waals surface area contributed by atoms with Gasteiger partial charge in [0.2, 0.25) is 5.92 Å². The summed E-state index contributed by atoms with van der Waals surface area (Å²) in [4.78, 5) is 0. The number of hydrogen-bond donors (Lipinski definition) is 0. The molecule has 0 aliphatic heterocycles. The molecule has 2 unspecified atom stereocenters. The third kappa shape index (κ3) is 9.40. The summed E-state index contributed by atoms with van der Waals surface area (Å²) in [6.07, 6.45) is 5.52. The number of hydrogen-bond acceptors (Lipinski definition) is 0. The molecule has 2 atom stereocenters. The highest BCUT2D eigenvalue weighted by atomic mass is 19.3. The molecule has 2 heteroatoms. The maximum Gasteiger partial charge on any atom is 0.250 e. The van der Waals surface area contributed by atoms with E-state index in [9.17, 15) is 8.78 Å². The van der Waals surface area contributed by atoms with Gasteiger partial charge in [0, 0.05) is 12.3 Å². The second-order valence-corrected chi connectivity index (χ2v) is 7.21. The topological polar surface area (TPSA) is 0 Å². The molecule has 0 radical (unpaired) electrons. The van der Waals surface area contributed by atoms with Gasteiger partial charge in [-0.2, -0.15) is 0 Å². The molecule has 0 fully saturated rings. The summed E-state index contributed by atoms with van der Waals surface area (Å²) in [6, 6.07) is 0. The van der Waals surface area contributed by atoms with E-state index in [0.717, 1.165) is 18.3 Å². The molecule has 0 bridgehead atoms. The Morgan fingerprint density at radius 1 is 0.684 bits per heavy atom. The molecule has 0 aliphatic carbocycles. The molecule has 0 saturated heterocycles. The average Bonchev–Trinajstić information content (AvgIpc) is 2.31. The van der Waals surface area contributed by atoms with Crippen molar-refractivity contribution in [2.24, 2.45) is 23.7 Å². The lowest BCUT2D eigenvalue weighted by atomic mass is 9.89. The minimum atomic E-state index is -2.49. The first kappa shape index (κ1) is 18.9. The van der Waals surface area contributed by atoms with Gasteiger partial charge in [0.25, 0.3) is 0 Å². The number of alkyl halides is 2. The predicted octanol–water partition coefficient (Wildman–Crippen LogP) is 6.55. The van der Waals surface area contributed by atoms with Gasteiger partial charge < -0.3 is 0 Å². The standard InChI is InChI=1S/C17H34F2/c1-13(2)7-8-15(5)9-10-16(6)11-12-17(18,19)14(3)4/h13-16H,7-12H2,1-6H3. The number of rotatable bonds is 10. The summed E-state index contributed by atoms with van der Waals surface area (Å²) in [5, 5.41) is 0. The molecule has 0 spiro atoms. The molecule has 0 aliphatic rings. The fraction of sp³-hybridized carbons (Fsp3) is 1.00. The molecule has 0 aromatic heterocycles. The van der Waals surface area contributed by atoms with Crippen LogP contribution >= 0.6 is 0 Å². The van der Waals surface area contributed by atoms with Crippen LogP contribution in [0.4, 0.5) is 8.78 Å². The van der Waals surface area contributed by atoms with Gasteiger partial charge in [-0.05, 0) is 24.2 Å². The third-order valence-corrected chi connectivity index (χ3v) is 4.20. The molecule has 0 rings (SSSR count). The van der Waals surface area contributed by atoms with Gasteiger partial charge in [-0.3, -0.25) is 0 Å². The molecule has 0 saturated carbocycles. The molecule has 0 aromatic carbocycles. The lowest BCUT2D eigenvalue weighted by Gasteiger charge is -2.22. The first-order valence-corrected chi connectivity index (χ1v) is 8.03. The van der Waals surface area contributed by atoms with Crippen molar-refractivity contribution >= 4 is 0 Å². The zero-order valence-corrected chi connectivity index (χ0v) is 13.8. The second-order valence-electron chi connectivity index (χ2n) is 7.21. The van der Waals surface area contributed by atoms with Crippen molar-refractivity contribution in [1.29, 1.82) is 0 Å². The largest absolute Gasteiger partial charge is 0.250 e. The molecule has 0 amide bonds. The Labute approximate surface area is 119 Å². The van der Waals surface area contributed by atoms with E-state index < -0.39 is 11.8 Å². The van der Waals surface area contributed by atoms with Crippen molar-refractivity contribution < 1.29 is 8.78 Å². The maximum atomic E-state index is 13.5. The highest BCUT2D eigenvalue weighted by Crippen LogP contribution is 2.32. The van der Waals surface area contributed by atoms with Gasteiger partial charge in [-0.15, -0.1) is 0 Å². The zero-order chi connectivity index (χ0) is 15.1. The molecular formula is C17H34F2. The van der Waals surface area contributed by atoms with Gasteiger partial charge in [0.1, 0.15) is 0 Å². The van der Waals surface area contributed by atoms with E-state index in [1.165, 1.54) is 19.3 Å². The minimum Gasteiger partial charge on any atom is -0.207 e. The van der Waals surface area contributed by atoms with Gasteiger partial charge >= 0.3 is 0 Å². The van der Waals surface area contributed by atoms with Crippen molar-refractivity contribution in [3.63, 3.8) is 0 Å². The Morgan fingerprint density at radius 2 is 1.11 bits per heavy atom. The summed E-state index contributed by atoms with van der Waals surface area (Å²) < 4.78 is 27.0. The summed E-state index contributed by atoms with van der Waals surface area (Å²) in [7, 11) is 0. The van der Waals surface area contributed by atoms with E-state index in [-0.39, 0.29) is 6.42 Å². The highest BCUT2D eigenvalue weighted by molar-refractivity contribution is 4.72. The molecular weight excluding hydrogens is 242 g/mol. The Kier molecular flexibility index (Phi) is 8.85. The van der Waals surface area contributed by atoms with Crippen LogP contribution in [0.25, 0.3) is 0 Å². The molecule has 0 nitrogen and oxygen atoms in total. The first-order chi connectivity index (χ1) is 8.65. The summed E-state index contributed by atoms with van der Waals surface area (Å²) in [5.74, 6) is -1.10. The van der Waals surface area contributed by atoms with Crippen molar-refractivity contribution in [1.82, 2.24) is 0 Å². The highest BCUT2D eigenvalue weighted by Gasteiger charge is 2.32. The van der Waals surface area contributed by atoms with Gasteiger partial charge in [-0.25, -0.2) is 8.78 Å². The average molecular weight is 276 g/mol. The maximum absolute atomic E-state index is 13.5. The third-order valence-electron chi connectivity index (χ3n) is 4.20. The van der Waals surface area contributed by atoms with E-state index in [2.05, 4.69) is 27.7 Å². The summed E-state index contributed by atoms with van der Waals surface area (Å²) in [6.45, 7) is 12.1. The van der Waals surface area contributed by atoms with Crippen molar-refractivity contribution in [2.75, 3.05) is 0 Å². The molecule has 0 N–H and O–H groups in total. The van der Waals surface area contributed by atoms with Crippen molar-refractivity contribution in [3.8, 4) is 0 Å². The van der Waals surface area contributed by atoms with Gasteiger partial charge in [0.05, 0.1) is 0 Å². The van der Waals surface area contributed by atoms with Crippen molar-refractivity contribution in [2.45, 2.75) is 86.0 Å². The molecule has 0 heterocycles. The zero-order valence-electron chi connectivity index (χ0n) is 13.8. The predicted molar refractivity (Wildman–Crippen MR) is 80.7 cm³/mol. The monoisotopic (exact) mass is 276 g/mol. The van der Waals surface area contributed by atoms with Crippen LogP contribution in [0.1, 0.15) is 80.1 Å². The van der Waals surface area contributed by atoms with E-state index in [1.54, 1.807) is 13.8 Å². The Hall–Kier alpha value is -0.140. The molecule has 116 valence electrons. The van der Waals surface area contributed by atoms with Crippen LogP contribution in [0.3, 0.4) is 0 Å². The Balaban J connectivity index is 3.78. The second kappa shape index (κ2) is 8.92. The van der Waals surface area contributed by atoms with Gasteiger partial charge in [0.15, 0.2) is 0 Å². The van der Waals surface area contributed by atoms with E-state index in [4.69, 9.17) is 0 Å². The smallest absolute Gasteiger partial charge is 0.207 e. The van der Waals surface area contributed by atoms with Crippen molar-refractivity contribution in [3.05, 3.63) is 0 Å². The summed E-state index contributed by atoms with van der Waals surface area (Å²) in [5.41, 5.74) is 0. The quantitative estimate of drug-likeness (QED) is 0.424. The summed E-state index contributed by atoms with van der Waals surface area (Å²) >= 11 is 0. The van der Waals surface area contributed by atoms with Crippen LogP contribution < -0.4 is 0 Å². The Bertz CT molecular complexity index is 221. The molecule has 19 heavy (non-hydrogen) atoms. The number of halogens is 2. The fourth-order valence-corrected chi connectivity index (χ4v) is 2.20. The van der Waals surface area contributed by atoms with Crippen LogP contribution in [0.5, 0.6) is 0 Å². The van der Waals surface area contributed by atoms with Crippen LogP contribution in [-0.4, -0.2) is 5.92 Å². The normalized spacial score (nSPS) is 16.1. The fourth-order valence-electron chi connectivity index (χ4n) is 2.20. The van der Waals surface area contributed by atoms with Crippen LogP contribution in [0, 0.1) is 23.7 Å². The Morgan fingerprint density at radius 3 is 1.53 bits per heavy atom. The van der Waals surface area contributed by atoms with Crippen LogP contribution in [0.15, 0.2) is 0 Å².